The van der Waals surface area contributed by atoms with E-state index in [4.69, 9.17) is 14.9 Å². The number of primary amides is 1. The van der Waals surface area contributed by atoms with Gasteiger partial charge in [0.25, 0.3) is 5.91 Å². The van der Waals surface area contributed by atoms with Crippen molar-refractivity contribution in [3.05, 3.63) is 29.0 Å². The molecule has 0 saturated carbocycles. The van der Waals surface area contributed by atoms with Crippen molar-refractivity contribution in [1.29, 1.82) is 0 Å². The van der Waals surface area contributed by atoms with Crippen LogP contribution in [-0.2, 0) is 0 Å². The fourth-order valence-corrected chi connectivity index (χ4v) is 1.94. The predicted octanol–water partition coefficient (Wildman–Crippen LogP) is 2.16. The highest BCUT2D eigenvalue weighted by Gasteiger charge is 2.17. The highest BCUT2D eigenvalue weighted by Crippen LogP contribution is 2.31. The number of hydrogen-bond acceptors (Lipinski definition) is 3. The third kappa shape index (κ3) is 1.43. The number of benzene rings is 1. The number of carbonyl (C=O) groups excluding carboxylic acids is 1. The van der Waals surface area contributed by atoms with Crippen LogP contribution in [0.25, 0.3) is 11.0 Å². The van der Waals surface area contributed by atoms with E-state index < -0.39 is 5.91 Å². The Balaban J connectivity index is 2.80. The van der Waals surface area contributed by atoms with Crippen LogP contribution in [0.3, 0.4) is 0 Å². The quantitative estimate of drug-likeness (QED) is 0.841. The van der Waals surface area contributed by atoms with Gasteiger partial charge in [0.15, 0.2) is 5.76 Å². The lowest BCUT2D eigenvalue weighted by Gasteiger charge is -2.01. The summed E-state index contributed by atoms with van der Waals surface area (Å²) in [5.41, 5.74) is 7.65. The van der Waals surface area contributed by atoms with Crippen molar-refractivity contribution in [2.45, 2.75) is 13.8 Å². The lowest BCUT2D eigenvalue weighted by atomic mass is 10.1. The molecular weight excluding hydrogens is 206 g/mol. The smallest absolute Gasteiger partial charge is 0.284 e. The van der Waals surface area contributed by atoms with E-state index in [1.54, 1.807) is 13.2 Å². The fourth-order valence-electron chi connectivity index (χ4n) is 1.94. The number of methoxy groups -OCH3 is 1. The van der Waals surface area contributed by atoms with Crippen molar-refractivity contribution in [3.8, 4) is 5.75 Å². The van der Waals surface area contributed by atoms with E-state index in [2.05, 4.69) is 0 Å². The first-order valence-corrected chi connectivity index (χ1v) is 4.92. The third-order valence-corrected chi connectivity index (χ3v) is 2.66. The molecule has 0 fully saturated rings. The highest BCUT2D eigenvalue weighted by molar-refractivity contribution is 5.99. The van der Waals surface area contributed by atoms with Crippen LogP contribution in [0.1, 0.15) is 21.7 Å². The third-order valence-electron chi connectivity index (χ3n) is 2.66. The zero-order valence-electron chi connectivity index (χ0n) is 9.46. The van der Waals surface area contributed by atoms with Gasteiger partial charge in [0.1, 0.15) is 11.3 Å². The SMILES string of the molecule is COc1cc(C)c2c(C)c(C(N)=O)oc2c1. The Morgan fingerprint density at radius 2 is 2.06 bits per heavy atom. The van der Waals surface area contributed by atoms with Gasteiger partial charge in [-0.25, -0.2) is 0 Å². The Morgan fingerprint density at radius 3 is 2.62 bits per heavy atom. The second kappa shape index (κ2) is 3.56. The summed E-state index contributed by atoms with van der Waals surface area (Å²) in [5, 5.41) is 0.926. The van der Waals surface area contributed by atoms with E-state index in [9.17, 15) is 4.79 Å². The van der Waals surface area contributed by atoms with Crippen molar-refractivity contribution in [2.24, 2.45) is 5.73 Å². The standard InChI is InChI=1S/C12H13NO3/c1-6-4-8(15-3)5-9-10(6)7(2)11(16-9)12(13)14/h4-5H,1-3H3,(H2,13,14). The molecular formula is C12H13NO3. The Hall–Kier alpha value is -1.97. The van der Waals surface area contributed by atoms with Crippen LogP contribution < -0.4 is 10.5 Å². The van der Waals surface area contributed by atoms with Gasteiger partial charge in [-0.2, -0.15) is 0 Å². The number of ether oxygens (including phenoxy) is 1. The largest absolute Gasteiger partial charge is 0.497 e. The molecule has 1 aromatic heterocycles. The summed E-state index contributed by atoms with van der Waals surface area (Å²) >= 11 is 0. The average molecular weight is 219 g/mol. The van der Waals surface area contributed by atoms with E-state index in [0.29, 0.717) is 11.3 Å². The summed E-state index contributed by atoms with van der Waals surface area (Å²) in [6.45, 7) is 3.77. The molecule has 0 spiro atoms. The zero-order chi connectivity index (χ0) is 11.9. The van der Waals surface area contributed by atoms with E-state index in [1.165, 1.54) is 0 Å². The molecule has 2 aromatic rings. The molecule has 0 saturated heterocycles. The average Bonchev–Trinajstić information content (AvgIpc) is 2.56. The number of hydrogen-bond donors (Lipinski definition) is 1. The number of fused-ring (bicyclic) bond motifs is 1. The monoisotopic (exact) mass is 219 g/mol. The Kier molecular flexibility index (Phi) is 2.34. The number of rotatable bonds is 2. The molecule has 84 valence electrons. The van der Waals surface area contributed by atoms with Gasteiger partial charge in [-0.05, 0) is 25.5 Å². The van der Waals surface area contributed by atoms with Crippen molar-refractivity contribution < 1.29 is 13.9 Å². The Morgan fingerprint density at radius 1 is 1.38 bits per heavy atom. The molecule has 0 bridgehead atoms. The molecule has 2 N–H and O–H groups in total. The molecule has 4 nitrogen and oxygen atoms in total. The van der Waals surface area contributed by atoms with Crippen molar-refractivity contribution in [3.63, 3.8) is 0 Å². The Labute approximate surface area is 93.0 Å². The highest BCUT2D eigenvalue weighted by atomic mass is 16.5. The molecule has 4 heteroatoms. The maximum absolute atomic E-state index is 11.2. The normalized spacial score (nSPS) is 10.7. The van der Waals surface area contributed by atoms with Crippen molar-refractivity contribution in [1.82, 2.24) is 0 Å². The van der Waals surface area contributed by atoms with Crippen LogP contribution >= 0.6 is 0 Å². The minimum absolute atomic E-state index is 0.214. The van der Waals surface area contributed by atoms with E-state index in [-0.39, 0.29) is 5.76 Å². The van der Waals surface area contributed by atoms with Gasteiger partial charge in [-0.15, -0.1) is 0 Å². The van der Waals surface area contributed by atoms with Crippen LogP contribution in [0, 0.1) is 13.8 Å². The van der Waals surface area contributed by atoms with Crippen LogP contribution in [0.5, 0.6) is 5.75 Å². The molecule has 2 rings (SSSR count). The molecule has 1 aromatic carbocycles. The van der Waals surface area contributed by atoms with Gasteiger partial charge < -0.3 is 14.9 Å². The maximum atomic E-state index is 11.2. The minimum Gasteiger partial charge on any atom is -0.497 e. The summed E-state index contributed by atoms with van der Waals surface area (Å²) in [7, 11) is 1.59. The second-order valence-corrected chi connectivity index (χ2v) is 3.74. The summed E-state index contributed by atoms with van der Waals surface area (Å²) in [6.07, 6.45) is 0. The Bertz CT molecular complexity index is 569. The first-order chi connectivity index (χ1) is 7.54. The van der Waals surface area contributed by atoms with Crippen LogP contribution in [0.2, 0.25) is 0 Å². The predicted molar refractivity (Wildman–Crippen MR) is 60.8 cm³/mol. The van der Waals surface area contributed by atoms with Gasteiger partial charge in [0.05, 0.1) is 7.11 Å². The summed E-state index contributed by atoms with van der Waals surface area (Å²) < 4.78 is 10.6. The van der Waals surface area contributed by atoms with Crippen LogP contribution in [-0.4, -0.2) is 13.0 Å². The molecule has 1 heterocycles. The van der Waals surface area contributed by atoms with E-state index in [0.717, 1.165) is 16.5 Å². The molecule has 0 unspecified atom stereocenters. The number of furan rings is 1. The molecule has 16 heavy (non-hydrogen) atoms. The fraction of sp³-hybridized carbons (Fsp3) is 0.250. The lowest BCUT2D eigenvalue weighted by molar-refractivity contribution is 0.0975. The lowest BCUT2D eigenvalue weighted by Crippen LogP contribution is -2.10. The molecule has 0 aliphatic heterocycles. The number of nitrogens with two attached hydrogens (primary N) is 1. The van der Waals surface area contributed by atoms with Crippen molar-refractivity contribution in [2.75, 3.05) is 7.11 Å². The van der Waals surface area contributed by atoms with Crippen LogP contribution in [0.4, 0.5) is 0 Å². The van der Waals surface area contributed by atoms with Gasteiger partial charge in [0.2, 0.25) is 0 Å². The number of aryl methyl sites for hydroxylation is 2. The topological polar surface area (TPSA) is 65.5 Å². The summed E-state index contributed by atoms with van der Waals surface area (Å²) in [6, 6.07) is 3.65. The number of amides is 1. The molecule has 0 radical (unpaired) electrons. The van der Waals surface area contributed by atoms with Crippen LogP contribution in [0.15, 0.2) is 16.5 Å². The summed E-state index contributed by atoms with van der Waals surface area (Å²) in [4.78, 5) is 11.2. The summed E-state index contributed by atoms with van der Waals surface area (Å²) in [5.74, 6) is 0.369. The van der Waals surface area contributed by atoms with Gasteiger partial charge in [-0.3, -0.25) is 4.79 Å². The molecule has 0 atom stereocenters. The maximum Gasteiger partial charge on any atom is 0.284 e. The first kappa shape index (κ1) is 10.5. The molecule has 0 aliphatic carbocycles. The second-order valence-electron chi connectivity index (χ2n) is 3.74. The molecule has 1 amide bonds. The first-order valence-electron chi connectivity index (χ1n) is 4.92. The molecule has 0 aliphatic rings. The van der Waals surface area contributed by atoms with Crippen molar-refractivity contribution >= 4 is 16.9 Å². The zero-order valence-corrected chi connectivity index (χ0v) is 9.46. The minimum atomic E-state index is -0.549. The van der Waals surface area contributed by atoms with Gasteiger partial charge >= 0.3 is 0 Å². The number of carbonyl (C=O) groups is 1. The van der Waals surface area contributed by atoms with E-state index in [1.807, 2.05) is 19.9 Å². The van der Waals surface area contributed by atoms with Gasteiger partial charge in [-0.1, -0.05) is 0 Å². The van der Waals surface area contributed by atoms with E-state index >= 15 is 0 Å². The van der Waals surface area contributed by atoms with Gasteiger partial charge in [0, 0.05) is 17.0 Å².